The van der Waals surface area contributed by atoms with Crippen molar-refractivity contribution in [3.8, 4) is 5.88 Å². The third-order valence-electron chi connectivity index (χ3n) is 4.67. The molecule has 0 radical (unpaired) electrons. The van der Waals surface area contributed by atoms with Crippen molar-refractivity contribution in [2.24, 2.45) is 0 Å². The van der Waals surface area contributed by atoms with Crippen molar-refractivity contribution in [2.75, 3.05) is 6.61 Å². The number of nitrogens with zero attached hydrogens (tertiary/aromatic N) is 1. The average molecular weight is 412 g/mol. The van der Waals surface area contributed by atoms with E-state index in [2.05, 4.69) is 44.1 Å². The minimum absolute atomic E-state index is 0.697. The summed E-state index contributed by atoms with van der Waals surface area (Å²) in [5.41, 5.74) is 0. The molecule has 1 aromatic rings. The zero-order chi connectivity index (χ0) is 16.3. The molecule has 0 unspecified atom stereocenters. The second-order valence-corrected chi connectivity index (χ2v) is 19.6. The number of hydrogen-bond donors (Lipinski definition) is 0. The van der Waals surface area contributed by atoms with Gasteiger partial charge < -0.3 is 0 Å². The second kappa shape index (κ2) is 11.3. The number of unbranched alkanes of at least 4 members (excludes halogenated alkanes) is 3. The first-order valence-corrected chi connectivity index (χ1v) is 16.8. The first kappa shape index (κ1) is 19.8. The molecule has 3 heteroatoms. The molecule has 0 aromatic carbocycles. The predicted octanol–water partition coefficient (Wildman–Crippen LogP) is 5.54. The average Bonchev–Trinajstić information content (AvgIpc) is 2.56. The topological polar surface area (TPSA) is 22.1 Å². The van der Waals surface area contributed by atoms with E-state index in [0.29, 0.717) is 6.61 Å². The number of rotatable bonds is 12. The Morgan fingerprint density at radius 3 is 1.77 bits per heavy atom. The summed E-state index contributed by atoms with van der Waals surface area (Å²) in [6, 6.07) is 4.46. The summed E-state index contributed by atoms with van der Waals surface area (Å²) in [6.07, 6.45) is 10.3. The molecule has 22 heavy (non-hydrogen) atoms. The molecule has 2 nitrogen and oxygen atoms in total. The normalized spacial score (nSPS) is 11.6. The fourth-order valence-electron chi connectivity index (χ4n) is 3.28. The summed E-state index contributed by atoms with van der Waals surface area (Å²) in [5, 5.41) is 0. The third-order valence-corrected chi connectivity index (χ3v) is 20.2. The van der Waals surface area contributed by atoms with E-state index in [1.165, 1.54) is 51.8 Å². The van der Waals surface area contributed by atoms with Gasteiger partial charge in [-0.2, -0.15) is 0 Å². The van der Waals surface area contributed by atoms with Gasteiger partial charge in [0, 0.05) is 0 Å². The molecule has 0 bridgehead atoms. The SMILES string of the molecule is CCC[CH2][Sn]([CH2]CCC)([CH2]CCC)[c]1ccc(OCC)nc1. The molecule has 1 aromatic heterocycles. The maximum absolute atomic E-state index is 5.53. The Balaban J connectivity index is 3.01. The van der Waals surface area contributed by atoms with Crippen LogP contribution in [0.4, 0.5) is 0 Å². The Kier molecular flexibility index (Phi) is 10.2. The number of hydrogen-bond acceptors (Lipinski definition) is 2. The van der Waals surface area contributed by atoms with E-state index in [9.17, 15) is 0 Å². The molecule has 0 amide bonds. The van der Waals surface area contributed by atoms with Gasteiger partial charge in [-0.05, 0) is 0 Å². The zero-order valence-corrected chi connectivity index (χ0v) is 18.0. The molecule has 0 saturated carbocycles. The van der Waals surface area contributed by atoms with E-state index >= 15 is 0 Å². The van der Waals surface area contributed by atoms with Crippen LogP contribution >= 0.6 is 0 Å². The van der Waals surface area contributed by atoms with E-state index in [-0.39, 0.29) is 0 Å². The Labute approximate surface area is 141 Å². The van der Waals surface area contributed by atoms with Crippen molar-refractivity contribution in [1.82, 2.24) is 4.98 Å². The maximum atomic E-state index is 5.53. The van der Waals surface area contributed by atoms with Gasteiger partial charge in [0.15, 0.2) is 0 Å². The Bertz CT molecular complexity index is 369. The molecule has 0 aliphatic carbocycles. The Hall–Kier alpha value is -0.251. The number of aromatic nitrogens is 1. The molecule has 126 valence electrons. The van der Waals surface area contributed by atoms with Crippen LogP contribution in [-0.2, 0) is 0 Å². The van der Waals surface area contributed by atoms with Crippen molar-refractivity contribution in [1.29, 1.82) is 0 Å². The molecular weight excluding hydrogens is 377 g/mol. The van der Waals surface area contributed by atoms with Crippen molar-refractivity contribution in [2.45, 2.75) is 79.5 Å². The van der Waals surface area contributed by atoms with Crippen LogP contribution in [0.1, 0.15) is 66.2 Å². The fourth-order valence-corrected chi connectivity index (χ4v) is 18.9. The summed E-state index contributed by atoms with van der Waals surface area (Å²) >= 11 is -2.28. The molecule has 0 aliphatic heterocycles. The van der Waals surface area contributed by atoms with Crippen LogP contribution in [0, 0.1) is 0 Å². The first-order chi connectivity index (χ1) is 10.7. The summed E-state index contributed by atoms with van der Waals surface area (Å²) in [5.74, 6) is 0.785. The van der Waals surface area contributed by atoms with Gasteiger partial charge in [0.1, 0.15) is 0 Å². The van der Waals surface area contributed by atoms with Gasteiger partial charge in [0.05, 0.1) is 0 Å². The van der Waals surface area contributed by atoms with Gasteiger partial charge in [0.25, 0.3) is 0 Å². The summed E-state index contributed by atoms with van der Waals surface area (Å²) in [7, 11) is 0. The van der Waals surface area contributed by atoms with Crippen LogP contribution < -0.4 is 8.32 Å². The van der Waals surface area contributed by atoms with E-state index in [1.54, 1.807) is 3.58 Å². The van der Waals surface area contributed by atoms with Crippen molar-refractivity contribution >= 4 is 22.0 Å². The quantitative estimate of drug-likeness (QED) is 0.421. The van der Waals surface area contributed by atoms with Crippen molar-refractivity contribution in [3.05, 3.63) is 18.3 Å². The van der Waals surface area contributed by atoms with E-state index in [4.69, 9.17) is 4.74 Å². The van der Waals surface area contributed by atoms with Crippen molar-refractivity contribution < 1.29 is 4.74 Å². The number of ether oxygens (including phenoxy) is 1. The van der Waals surface area contributed by atoms with Gasteiger partial charge in [-0.15, -0.1) is 0 Å². The monoisotopic (exact) mass is 413 g/mol. The number of pyridine rings is 1. The fraction of sp³-hybridized carbons (Fsp3) is 0.737. The predicted molar refractivity (Wildman–Crippen MR) is 99.9 cm³/mol. The third kappa shape index (κ3) is 6.09. The van der Waals surface area contributed by atoms with Gasteiger partial charge in [0.2, 0.25) is 0 Å². The Morgan fingerprint density at radius 1 is 0.864 bits per heavy atom. The molecule has 1 rings (SSSR count). The van der Waals surface area contributed by atoms with Crippen LogP contribution in [0.3, 0.4) is 0 Å². The molecule has 0 spiro atoms. The van der Waals surface area contributed by atoms with Gasteiger partial charge in [-0.25, -0.2) is 0 Å². The van der Waals surface area contributed by atoms with E-state index in [0.717, 1.165) is 5.88 Å². The molecule has 0 atom stereocenters. The molecule has 1 heterocycles. The van der Waals surface area contributed by atoms with E-state index in [1.807, 2.05) is 6.92 Å². The summed E-state index contributed by atoms with van der Waals surface area (Å²) in [6.45, 7) is 9.69. The minimum atomic E-state index is -2.28. The van der Waals surface area contributed by atoms with Crippen LogP contribution in [0.2, 0.25) is 13.3 Å². The molecule has 0 saturated heterocycles. The van der Waals surface area contributed by atoms with Crippen LogP contribution in [0.25, 0.3) is 0 Å². The van der Waals surface area contributed by atoms with Gasteiger partial charge >= 0.3 is 142 Å². The van der Waals surface area contributed by atoms with Crippen LogP contribution in [0.5, 0.6) is 5.88 Å². The summed E-state index contributed by atoms with van der Waals surface area (Å²) in [4.78, 5) is 4.59. The summed E-state index contributed by atoms with van der Waals surface area (Å²) < 4.78 is 11.7. The van der Waals surface area contributed by atoms with Gasteiger partial charge in [-0.1, -0.05) is 0 Å². The van der Waals surface area contributed by atoms with Crippen LogP contribution in [0.15, 0.2) is 18.3 Å². The Morgan fingerprint density at radius 2 is 1.41 bits per heavy atom. The first-order valence-electron chi connectivity index (χ1n) is 9.31. The second-order valence-electron chi connectivity index (χ2n) is 6.41. The van der Waals surface area contributed by atoms with Crippen LogP contribution in [-0.4, -0.2) is 30.0 Å². The standard InChI is InChI=1S/C7H8NO.3C4H9.Sn/c1-2-9-7-5-3-4-6-8-7;3*1-3-4-2;/h3,5-6H,2H2,1H3;3*1,3-4H2,2H3;. The van der Waals surface area contributed by atoms with E-state index < -0.39 is 18.4 Å². The molecule has 0 N–H and O–H groups in total. The molecule has 0 fully saturated rings. The molecule has 0 aliphatic rings. The zero-order valence-electron chi connectivity index (χ0n) is 15.2. The van der Waals surface area contributed by atoms with Crippen molar-refractivity contribution in [3.63, 3.8) is 0 Å². The van der Waals surface area contributed by atoms with Gasteiger partial charge in [-0.3, -0.25) is 0 Å². The molecular formula is C19H35NOSn.